The maximum atomic E-state index is 13.1. The van der Waals surface area contributed by atoms with Gasteiger partial charge in [-0.3, -0.25) is 4.79 Å². The quantitative estimate of drug-likeness (QED) is 0.735. The molecule has 0 aliphatic heterocycles. The van der Waals surface area contributed by atoms with Crippen molar-refractivity contribution < 1.29 is 41.0 Å². The smallest absolute Gasteiger partial charge is 0.417 e. The molecule has 1 atom stereocenters. The van der Waals surface area contributed by atoms with Crippen molar-refractivity contribution in [3.63, 3.8) is 0 Å². The monoisotopic (exact) mass is 405 g/mol. The molecule has 0 aliphatic carbocycles. The van der Waals surface area contributed by atoms with E-state index >= 15 is 0 Å². The molecule has 0 saturated carbocycles. The van der Waals surface area contributed by atoms with E-state index in [0.717, 1.165) is 36.4 Å². The molecule has 28 heavy (non-hydrogen) atoms. The van der Waals surface area contributed by atoms with Crippen LogP contribution < -0.4 is 5.32 Å². The van der Waals surface area contributed by atoms with E-state index in [1.54, 1.807) is 0 Å². The summed E-state index contributed by atoms with van der Waals surface area (Å²) in [5.74, 6) is -3.04. The maximum absolute atomic E-state index is 13.1. The normalized spacial score (nSPS) is 13.1. The predicted molar refractivity (Wildman–Crippen MR) is 85.5 cm³/mol. The van der Waals surface area contributed by atoms with Gasteiger partial charge in [0, 0.05) is 6.42 Å². The summed E-state index contributed by atoms with van der Waals surface area (Å²) < 4.78 is 78.2. The summed E-state index contributed by atoms with van der Waals surface area (Å²) in [6.07, 6.45) is -10.4. The molecule has 2 rings (SSSR count). The van der Waals surface area contributed by atoms with Crippen molar-refractivity contribution in [1.82, 2.24) is 5.32 Å². The molecular weight excluding hydrogens is 392 g/mol. The van der Waals surface area contributed by atoms with E-state index in [9.17, 15) is 41.0 Å². The van der Waals surface area contributed by atoms with Crippen molar-refractivity contribution in [2.45, 2.75) is 24.8 Å². The average molecular weight is 405 g/mol. The molecular formula is C18H13F6NO3. The van der Waals surface area contributed by atoms with E-state index in [2.05, 4.69) is 0 Å². The molecule has 0 aromatic heterocycles. The number of carbonyl (C=O) groups is 2. The average Bonchev–Trinajstić information content (AvgIpc) is 2.59. The minimum Gasteiger partial charge on any atom is -0.480 e. The molecule has 10 heteroatoms. The van der Waals surface area contributed by atoms with Crippen LogP contribution in [0.4, 0.5) is 26.3 Å². The van der Waals surface area contributed by atoms with Gasteiger partial charge < -0.3 is 10.4 Å². The van der Waals surface area contributed by atoms with Gasteiger partial charge in [-0.2, -0.15) is 26.3 Å². The number of hydrogen-bond donors (Lipinski definition) is 2. The summed E-state index contributed by atoms with van der Waals surface area (Å²) in [6.45, 7) is 0. The van der Waals surface area contributed by atoms with Crippen LogP contribution in [0.5, 0.6) is 0 Å². The SMILES string of the molecule is O=C(N[C@@H](Cc1ccccc1C(F)(F)F)C(=O)O)c1ccccc1C(F)(F)F. The number of amides is 1. The van der Waals surface area contributed by atoms with Gasteiger partial charge in [0.2, 0.25) is 0 Å². The van der Waals surface area contributed by atoms with Gasteiger partial charge >= 0.3 is 18.3 Å². The summed E-state index contributed by atoms with van der Waals surface area (Å²) in [5.41, 5.74) is -3.62. The fourth-order valence-electron chi connectivity index (χ4n) is 2.56. The second kappa shape index (κ2) is 7.91. The Labute approximate surface area is 154 Å². The summed E-state index contributed by atoms with van der Waals surface area (Å²) in [6, 6.07) is 5.97. The first-order valence-electron chi connectivity index (χ1n) is 7.76. The zero-order chi connectivity index (χ0) is 21.1. The molecule has 2 aromatic carbocycles. The van der Waals surface area contributed by atoms with Crippen molar-refractivity contribution >= 4 is 11.9 Å². The highest BCUT2D eigenvalue weighted by Gasteiger charge is 2.37. The number of nitrogens with one attached hydrogen (secondary N) is 1. The van der Waals surface area contributed by atoms with Crippen molar-refractivity contribution in [3.8, 4) is 0 Å². The number of hydrogen-bond acceptors (Lipinski definition) is 2. The minimum absolute atomic E-state index is 0.410. The molecule has 0 heterocycles. The predicted octanol–water partition coefficient (Wildman–Crippen LogP) is 4.15. The van der Waals surface area contributed by atoms with Crippen molar-refractivity contribution in [2.75, 3.05) is 0 Å². The molecule has 0 bridgehead atoms. The number of aliphatic carboxylic acids is 1. The molecule has 0 saturated heterocycles. The zero-order valence-electron chi connectivity index (χ0n) is 13.9. The minimum atomic E-state index is -4.87. The third-order valence-electron chi connectivity index (χ3n) is 3.83. The molecule has 4 nitrogen and oxygen atoms in total. The highest BCUT2D eigenvalue weighted by molar-refractivity contribution is 5.98. The zero-order valence-corrected chi connectivity index (χ0v) is 13.9. The number of carbonyl (C=O) groups excluding carboxylic acids is 1. The Hall–Kier alpha value is -3.04. The third-order valence-corrected chi connectivity index (χ3v) is 3.83. The first-order valence-corrected chi connectivity index (χ1v) is 7.76. The molecule has 2 aromatic rings. The van der Waals surface area contributed by atoms with Gasteiger partial charge in [0.05, 0.1) is 16.7 Å². The number of halogens is 6. The van der Waals surface area contributed by atoms with Gasteiger partial charge in [-0.15, -0.1) is 0 Å². The highest BCUT2D eigenvalue weighted by Crippen LogP contribution is 2.33. The molecule has 150 valence electrons. The molecule has 0 fully saturated rings. The largest absolute Gasteiger partial charge is 0.480 e. The Morgan fingerprint density at radius 3 is 1.89 bits per heavy atom. The second-order valence-electron chi connectivity index (χ2n) is 5.77. The Balaban J connectivity index is 2.31. The summed E-state index contributed by atoms with van der Waals surface area (Å²) >= 11 is 0. The summed E-state index contributed by atoms with van der Waals surface area (Å²) in [7, 11) is 0. The number of carboxylic acids is 1. The fourth-order valence-corrected chi connectivity index (χ4v) is 2.56. The lowest BCUT2D eigenvalue weighted by atomic mass is 9.99. The van der Waals surface area contributed by atoms with Crippen LogP contribution in [0.15, 0.2) is 48.5 Å². The van der Waals surface area contributed by atoms with E-state index in [-0.39, 0.29) is 0 Å². The van der Waals surface area contributed by atoms with E-state index < -0.39 is 58.9 Å². The summed E-state index contributed by atoms with van der Waals surface area (Å²) in [4.78, 5) is 23.6. The standard InChI is InChI=1S/C18H13F6NO3/c19-17(20,21)12-7-3-1-5-10(12)9-14(16(27)28)25-15(26)11-6-2-4-8-13(11)18(22,23)24/h1-8,14H,9H2,(H,25,26)(H,27,28)/t14-/m0/s1. The number of benzene rings is 2. The van der Waals surface area contributed by atoms with Crippen molar-refractivity contribution in [1.29, 1.82) is 0 Å². The van der Waals surface area contributed by atoms with Crippen LogP contribution in [0.2, 0.25) is 0 Å². The Kier molecular flexibility index (Phi) is 6.01. The number of alkyl halides is 6. The van der Waals surface area contributed by atoms with E-state index in [1.165, 1.54) is 6.07 Å². The van der Waals surface area contributed by atoms with Crippen molar-refractivity contribution in [3.05, 3.63) is 70.8 Å². The van der Waals surface area contributed by atoms with Gasteiger partial charge in [-0.25, -0.2) is 4.79 Å². The first kappa shape index (κ1) is 21.3. The van der Waals surface area contributed by atoms with Gasteiger partial charge in [-0.05, 0) is 23.8 Å². The van der Waals surface area contributed by atoms with Gasteiger partial charge in [0.25, 0.3) is 5.91 Å². The lowest BCUT2D eigenvalue weighted by Crippen LogP contribution is -2.43. The van der Waals surface area contributed by atoms with E-state index in [4.69, 9.17) is 0 Å². The first-order chi connectivity index (χ1) is 12.9. The third kappa shape index (κ3) is 5.02. The molecule has 0 unspecified atom stereocenters. The van der Waals surface area contributed by atoms with Crippen LogP contribution in [0.3, 0.4) is 0 Å². The van der Waals surface area contributed by atoms with Crippen LogP contribution >= 0.6 is 0 Å². The van der Waals surface area contributed by atoms with E-state index in [1.807, 2.05) is 5.32 Å². The Morgan fingerprint density at radius 2 is 1.36 bits per heavy atom. The maximum Gasteiger partial charge on any atom is 0.417 e. The van der Waals surface area contributed by atoms with E-state index in [0.29, 0.717) is 6.07 Å². The van der Waals surface area contributed by atoms with Crippen LogP contribution in [0.25, 0.3) is 0 Å². The Bertz CT molecular complexity index is 876. The van der Waals surface area contributed by atoms with Gasteiger partial charge in [-0.1, -0.05) is 30.3 Å². The lowest BCUT2D eigenvalue weighted by molar-refractivity contribution is -0.141. The van der Waals surface area contributed by atoms with Crippen molar-refractivity contribution in [2.24, 2.45) is 0 Å². The summed E-state index contributed by atoms with van der Waals surface area (Å²) in [5, 5.41) is 11.1. The number of carboxylic acid groups (broad SMARTS) is 1. The lowest BCUT2D eigenvalue weighted by Gasteiger charge is -2.19. The van der Waals surface area contributed by atoms with Crippen LogP contribution in [0, 0.1) is 0 Å². The fraction of sp³-hybridized carbons (Fsp3) is 0.222. The molecule has 1 amide bonds. The van der Waals surface area contributed by atoms with Crippen LogP contribution in [-0.4, -0.2) is 23.0 Å². The van der Waals surface area contributed by atoms with Crippen LogP contribution in [-0.2, 0) is 23.6 Å². The number of rotatable bonds is 5. The van der Waals surface area contributed by atoms with Gasteiger partial charge in [0.1, 0.15) is 6.04 Å². The molecule has 2 N–H and O–H groups in total. The topological polar surface area (TPSA) is 66.4 Å². The highest BCUT2D eigenvalue weighted by atomic mass is 19.4. The molecule has 0 aliphatic rings. The Morgan fingerprint density at radius 1 is 0.857 bits per heavy atom. The van der Waals surface area contributed by atoms with Crippen LogP contribution in [0.1, 0.15) is 27.0 Å². The van der Waals surface area contributed by atoms with Gasteiger partial charge in [0.15, 0.2) is 0 Å². The molecule has 0 radical (unpaired) electrons. The molecule has 0 spiro atoms. The second-order valence-corrected chi connectivity index (χ2v) is 5.77.